The lowest BCUT2D eigenvalue weighted by Gasteiger charge is -2.32. The minimum Gasteiger partial charge on any atom is -0.354 e. The van der Waals surface area contributed by atoms with Crippen LogP contribution in [0.25, 0.3) is 0 Å². The lowest BCUT2D eigenvalue weighted by Crippen LogP contribution is -2.51. The number of anilines is 1. The molecule has 9 heteroatoms. The van der Waals surface area contributed by atoms with Crippen LogP contribution in [-0.2, 0) is 26.2 Å². The van der Waals surface area contributed by atoms with Gasteiger partial charge >= 0.3 is 0 Å². The van der Waals surface area contributed by atoms with Gasteiger partial charge in [0.1, 0.15) is 12.6 Å². The van der Waals surface area contributed by atoms with Crippen molar-refractivity contribution in [3.63, 3.8) is 0 Å². The predicted molar refractivity (Wildman–Crippen MR) is 161 cm³/mol. The molecule has 7 nitrogen and oxygen atoms in total. The van der Waals surface area contributed by atoms with E-state index < -0.39 is 28.5 Å². The van der Waals surface area contributed by atoms with Crippen molar-refractivity contribution in [2.24, 2.45) is 0 Å². The number of halogens is 1. The largest absolute Gasteiger partial charge is 0.354 e. The summed E-state index contributed by atoms with van der Waals surface area (Å²) in [5.41, 5.74) is 3.70. The molecule has 0 fully saturated rings. The van der Waals surface area contributed by atoms with Crippen molar-refractivity contribution in [2.45, 2.75) is 64.9 Å². The first kappa shape index (κ1) is 31.2. The molecule has 3 aromatic carbocycles. The van der Waals surface area contributed by atoms with E-state index >= 15 is 0 Å². The van der Waals surface area contributed by atoms with Crippen LogP contribution < -0.4 is 9.62 Å². The normalized spacial score (nSPS) is 12.1. The van der Waals surface area contributed by atoms with Crippen LogP contribution in [0.1, 0.15) is 48.9 Å². The Morgan fingerprint density at radius 1 is 0.950 bits per heavy atom. The van der Waals surface area contributed by atoms with Crippen molar-refractivity contribution in [3.05, 3.63) is 94.0 Å². The molecule has 1 N–H and O–H groups in total. The fourth-order valence-corrected chi connectivity index (χ4v) is 6.04. The monoisotopic (exact) mass is 583 g/mol. The molecule has 0 aliphatic rings. The van der Waals surface area contributed by atoms with Crippen molar-refractivity contribution >= 4 is 39.1 Å². The quantitative estimate of drug-likeness (QED) is 0.273. The van der Waals surface area contributed by atoms with Gasteiger partial charge in [-0.05, 0) is 81.1 Å². The van der Waals surface area contributed by atoms with Gasteiger partial charge in [0.15, 0.2) is 0 Å². The molecule has 3 rings (SSSR count). The van der Waals surface area contributed by atoms with E-state index in [1.54, 1.807) is 44.2 Å². The highest BCUT2D eigenvalue weighted by atomic mass is 35.5. The fourth-order valence-electron chi connectivity index (χ4n) is 4.34. The van der Waals surface area contributed by atoms with Crippen LogP contribution >= 0.6 is 11.6 Å². The molecular formula is C31H38ClN3O4S. The first-order valence-corrected chi connectivity index (χ1v) is 15.2. The highest BCUT2D eigenvalue weighted by Crippen LogP contribution is 2.29. The molecule has 0 heterocycles. The van der Waals surface area contributed by atoms with E-state index in [1.165, 1.54) is 17.0 Å². The van der Waals surface area contributed by atoms with Crippen molar-refractivity contribution in [3.8, 4) is 0 Å². The molecule has 214 valence electrons. The van der Waals surface area contributed by atoms with Crippen molar-refractivity contribution in [1.29, 1.82) is 0 Å². The summed E-state index contributed by atoms with van der Waals surface area (Å²) >= 11 is 6.17. The van der Waals surface area contributed by atoms with E-state index in [9.17, 15) is 18.0 Å². The molecule has 0 aliphatic carbocycles. The number of hydrogen-bond acceptors (Lipinski definition) is 4. The molecule has 40 heavy (non-hydrogen) atoms. The molecule has 0 saturated heterocycles. The number of nitrogens with one attached hydrogen (secondary N) is 1. The number of hydrogen-bond donors (Lipinski definition) is 1. The van der Waals surface area contributed by atoms with E-state index in [0.717, 1.165) is 33.8 Å². The number of nitrogens with zero attached hydrogens (tertiary/aromatic N) is 2. The maximum absolute atomic E-state index is 14.0. The lowest BCUT2D eigenvalue weighted by molar-refractivity contribution is -0.139. The molecule has 2 amide bonds. The van der Waals surface area contributed by atoms with E-state index in [4.69, 9.17) is 11.6 Å². The van der Waals surface area contributed by atoms with Crippen molar-refractivity contribution in [1.82, 2.24) is 10.2 Å². The zero-order valence-corrected chi connectivity index (χ0v) is 25.3. The zero-order valence-electron chi connectivity index (χ0n) is 23.8. The van der Waals surface area contributed by atoms with Crippen molar-refractivity contribution in [2.75, 3.05) is 17.4 Å². The number of unbranched alkanes of at least 4 members (excludes halogenated alkanes) is 1. The van der Waals surface area contributed by atoms with E-state index in [0.29, 0.717) is 22.8 Å². The summed E-state index contributed by atoms with van der Waals surface area (Å²) in [7, 11) is -4.14. The van der Waals surface area contributed by atoms with E-state index in [-0.39, 0.29) is 17.3 Å². The maximum atomic E-state index is 14.0. The SMILES string of the molecule is CCCCNC(=O)[C@@H](C)N(Cc1ccccc1C)C(=O)CN(c1ccc(Cl)cc1C)S(=O)(=O)c1ccc(C)cc1. The number of sulfonamides is 1. The van der Waals surface area contributed by atoms with Crippen LogP contribution in [0.5, 0.6) is 0 Å². The van der Waals surface area contributed by atoms with Gasteiger partial charge in [0, 0.05) is 18.1 Å². The van der Waals surface area contributed by atoms with Crippen LogP contribution in [0.2, 0.25) is 5.02 Å². The number of benzene rings is 3. The number of aryl methyl sites for hydroxylation is 3. The first-order chi connectivity index (χ1) is 18.9. The Morgan fingerprint density at radius 2 is 1.62 bits per heavy atom. The Labute approximate surface area is 243 Å². The third kappa shape index (κ3) is 7.64. The summed E-state index contributed by atoms with van der Waals surface area (Å²) in [6.07, 6.45) is 1.75. The molecule has 0 radical (unpaired) electrons. The minimum atomic E-state index is -4.14. The van der Waals surface area contributed by atoms with Gasteiger partial charge in [-0.15, -0.1) is 0 Å². The molecule has 0 saturated carbocycles. The van der Waals surface area contributed by atoms with Gasteiger partial charge in [-0.3, -0.25) is 13.9 Å². The van der Waals surface area contributed by atoms with E-state index in [1.807, 2.05) is 45.0 Å². The summed E-state index contributed by atoms with van der Waals surface area (Å²) < 4.78 is 29.1. The molecule has 3 aromatic rings. The molecule has 1 atom stereocenters. The Kier molecular flexibility index (Phi) is 10.8. The van der Waals surface area contributed by atoms with Crippen LogP contribution in [0.15, 0.2) is 71.6 Å². The average molecular weight is 584 g/mol. The Balaban J connectivity index is 2.04. The fraction of sp³-hybridized carbons (Fsp3) is 0.355. The van der Waals surface area contributed by atoms with Crippen LogP contribution in [0.4, 0.5) is 5.69 Å². The Bertz CT molecular complexity index is 1440. The van der Waals surface area contributed by atoms with Crippen LogP contribution in [0, 0.1) is 20.8 Å². The highest BCUT2D eigenvalue weighted by molar-refractivity contribution is 7.92. The predicted octanol–water partition coefficient (Wildman–Crippen LogP) is 5.79. The summed E-state index contributed by atoms with van der Waals surface area (Å²) in [6, 6.07) is 18.2. The molecule has 0 spiro atoms. The third-order valence-corrected chi connectivity index (χ3v) is 8.92. The second-order valence-corrected chi connectivity index (χ2v) is 12.3. The lowest BCUT2D eigenvalue weighted by atomic mass is 10.1. The van der Waals surface area contributed by atoms with Crippen LogP contribution in [-0.4, -0.2) is 44.3 Å². The zero-order chi connectivity index (χ0) is 29.4. The maximum Gasteiger partial charge on any atom is 0.264 e. The summed E-state index contributed by atoms with van der Waals surface area (Å²) in [5, 5.41) is 3.36. The molecular weight excluding hydrogens is 546 g/mol. The van der Waals surface area contributed by atoms with Crippen LogP contribution in [0.3, 0.4) is 0 Å². The summed E-state index contributed by atoms with van der Waals surface area (Å²) in [5.74, 6) is -0.780. The standard InChI is InChI=1S/C31H38ClN3O4S/c1-6-7-18-33-31(37)25(5)34(20-26-11-9-8-10-23(26)3)30(36)21-35(29-17-14-27(32)19-24(29)4)40(38,39)28-15-12-22(2)13-16-28/h8-17,19,25H,6-7,18,20-21H2,1-5H3,(H,33,37)/t25-/m1/s1. The molecule has 0 unspecified atom stereocenters. The number of rotatable bonds is 12. The van der Waals surface area contributed by atoms with Gasteiger partial charge < -0.3 is 10.2 Å². The Hall–Kier alpha value is -3.36. The molecule has 0 aliphatic heterocycles. The summed E-state index contributed by atoms with van der Waals surface area (Å²) in [4.78, 5) is 28.6. The van der Waals surface area contributed by atoms with Gasteiger partial charge in [-0.2, -0.15) is 0 Å². The van der Waals surface area contributed by atoms with Gasteiger partial charge in [0.2, 0.25) is 11.8 Å². The van der Waals surface area contributed by atoms with Gasteiger partial charge in [-0.25, -0.2) is 8.42 Å². The second kappa shape index (κ2) is 13.8. The molecule has 0 bridgehead atoms. The smallest absolute Gasteiger partial charge is 0.264 e. The topological polar surface area (TPSA) is 86.8 Å². The third-order valence-electron chi connectivity index (χ3n) is 6.91. The van der Waals surface area contributed by atoms with Gasteiger partial charge in [-0.1, -0.05) is 66.9 Å². The number of carbonyl (C=O) groups is 2. The van der Waals surface area contributed by atoms with Gasteiger partial charge in [0.25, 0.3) is 10.0 Å². The van der Waals surface area contributed by atoms with Crippen molar-refractivity contribution < 1.29 is 18.0 Å². The first-order valence-electron chi connectivity index (χ1n) is 13.4. The average Bonchev–Trinajstić information content (AvgIpc) is 2.91. The number of amides is 2. The summed E-state index contributed by atoms with van der Waals surface area (Å²) in [6.45, 7) is 9.44. The van der Waals surface area contributed by atoms with E-state index in [2.05, 4.69) is 5.32 Å². The highest BCUT2D eigenvalue weighted by Gasteiger charge is 2.33. The number of carbonyl (C=O) groups excluding carboxylic acids is 2. The second-order valence-electron chi connectivity index (χ2n) is 10.0. The molecule has 0 aromatic heterocycles. The Morgan fingerprint density at radius 3 is 2.25 bits per heavy atom. The van der Waals surface area contributed by atoms with Gasteiger partial charge in [0.05, 0.1) is 10.6 Å². The minimum absolute atomic E-state index is 0.0658.